The van der Waals surface area contributed by atoms with Crippen LogP contribution in [0.4, 0.5) is 0 Å². The van der Waals surface area contributed by atoms with Gasteiger partial charge in [-0.2, -0.15) is 0 Å². The first-order chi connectivity index (χ1) is 15.5. The number of aliphatic imine (C=N–C) groups is 1. The van der Waals surface area contributed by atoms with Crippen LogP contribution in [0.15, 0.2) is 96.2 Å². The lowest BCUT2D eigenvalue weighted by Gasteiger charge is -2.33. The molecule has 2 atom stereocenters. The molecular weight excluding hydrogens is 419 g/mol. The lowest BCUT2D eigenvalue weighted by atomic mass is 9.88. The molecule has 1 aromatic rings. The Morgan fingerprint density at radius 1 is 1.16 bits per heavy atom. The summed E-state index contributed by atoms with van der Waals surface area (Å²) in [6, 6.07) is 9.83. The molecule has 5 nitrogen and oxygen atoms in total. The van der Waals surface area contributed by atoms with Crippen molar-refractivity contribution in [2.24, 2.45) is 4.99 Å². The topological polar surface area (TPSA) is 54.3 Å². The van der Waals surface area contributed by atoms with E-state index in [4.69, 9.17) is 14.4 Å². The fourth-order valence-electron chi connectivity index (χ4n) is 2.87. The van der Waals surface area contributed by atoms with Crippen LogP contribution in [-0.4, -0.2) is 48.9 Å². The number of para-hydroxylation sites is 1. The molecule has 0 fully saturated rings. The molecule has 0 aliphatic carbocycles. The number of likely N-dealkylation sites (N-methyl/N-ethyl adjacent to an activating group) is 1. The number of ether oxygens (including phenoxy) is 1. The standard InChI is InChI=1S/C25H35N2O2P.CH4O/c1-7-11-13-16-22(9-3)25(5,24(10-4)26-19-8-2)28-21-20-27(6)30-29-23-17-14-12-15-18-23;1-2/h7-15,17-19,30H,1-2,16,20-21H2,3-6H3;2H,1H3/b13-11?,22-9+,24-10-,26-19?;. The molecular formula is C26H39N2O3P. The van der Waals surface area contributed by atoms with Gasteiger partial charge in [0.15, 0.2) is 0 Å². The summed E-state index contributed by atoms with van der Waals surface area (Å²) in [5.74, 6) is 0.869. The van der Waals surface area contributed by atoms with Crippen molar-refractivity contribution in [1.82, 2.24) is 4.67 Å². The number of hydrogen-bond donors (Lipinski definition) is 1. The van der Waals surface area contributed by atoms with E-state index in [1.54, 1.807) is 18.4 Å². The van der Waals surface area contributed by atoms with Gasteiger partial charge in [-0.1, -0.05) is 67.8 Å². The molecule has 0 aromatic heterocycles. The highest BCUT2D eigenvalue weighted by Crippen LogP contribution is 2.33. The van der Waals surface area contributed by atoms with Gasteiger partial charge in [0.05, 0.1) is 12.3 Å². The Morgan fingerprint density at radius 2 is 1.84 bits per heavy atom. The Morgan fingerprint density at radius 3 is 2.41 bits per heavy atom. The van der Waals surface area contributed by atoms with E-state index in [2.05, 4.69) is 41.9 Å². The average Bonchev–Trinajstić information content (AvgIpc) is 2.83. The van der Waals surface area contributed by atoms with Gasteiger partial charge in [0.25, 0.3) is 0 Å². The summed E-state index contributed by atoms with van der Waals surface area (Å²) in [4.78, 5) is 4.58. The van der Waals surface area contributed by atoms with Crippen LogP contribution in [0.5, 0.6) is 5.75 Å². The predicted octanol–water partition coefficient (Wildman–Crippen LogP) is 6.13. The third kappa shape index (κ3) is 10.8. The Labute approximate surface area is 196 Å². The number of hydrogen-bond acceptors (Lipinski definition) is 5. The second-order valence-electron chi connectivity index (χ2n) is 6.68. The summed E-state index contributed by atoms with van der Waals surface area (Å²) in [6.45, 7) is 14.8. The fourth-order valence-corrected chi connectivity index (χ4v) is 3.45. The van der Waals surface area contributed by atoms with Crippen LogP contribution in [-0.2, 0) is 4.74 Å². The molecule has 32 heavy (non-hydrogen) atoms. The van der Waals surface area contributed by atoms with Gasteiger partial charge in [-0.05, 0) is 51.9 Å². The highest BCUT2D eigenvalue weighted by atomic mass is 31.1. The molecule has 0 aliphatic heterocycles. The van der Waals surface area contributed by atoms with E-state index in [0.717, 1.165) is 37.1 Å². The van der Waals surface area contributed by atoms with E-state index >= 15 is 0 Å². The second-order valence-corrected chi connectivity index (χ2v) is 7.83. The number of rotatable bonds is 14. The van der Waals surface area contributed by atoms with Crippen LogP contribution in [0, 0.1) is 0 Å². The Kier molecular flexibility index (Phi) is 17.0. The van der Waals surface area contributed by atoms with Crippen molar-refractivity contribution in [3.63, 3.8) is 0 Å². The summed E-state index contributed by atoms with van der Waals surface area (Å²) in [7, 11) is 3.25. The number of nitrogens with zero attached hydrogens (tertiary/aromatic N) is 2. The largest absolute Gasteiger partial charge is 0.461 e. The highest BCUT2D eigenvalue weighted by molar-refractivity contribution is 7.29. The summed E-state index contributed by atoms with van der Waals surface area (Å²) in [5, 5.41) is 7.00. The fraction of sp³-hybridized carbons (Fsp3) is 0.346. The SMILES string of the molecule is C=CC=CC/C(=C\C)C(C)(OCCN(C)POc1ccccc1)/C(=C/C)N=CC=C.CO. The average molecular weight is 459 g/mol. The van der Waals surface area contributed by atoms with Crippen molar-refractivity contribution in [3.05, 3.63) is 91.2 Å². The van der Waals surface area contributed by atoms with Crippen LogP contribution < -0.4 is 4.52 Å². The van der Waals surface area contributed by atoms with Gasteiger partial charge in [0, 0.05) is 19.9 Å². The highest BCUT2D eigenvalue weighted by Gasteiger charge is 2.33. The number of aliphatic hydroxyl groups excluding tert-OH is 1. The zero-order valence-corrected chi connectivity index (χ0v) is 21.1. The normalized spacial score (nSPS) is 14.6. The Hall–Kier alpha value is -2.30. The lowest BCUT2D eigenvalue weighted by Crippen LogP contribution is -2.35. The molecule has 0 aliphatic rings. The van der Waals surface area contributed by atoms with Crippen molar-refractivity contribution < 1.29 is 14.4 Å². The van der Waals surface area contributed by atoms with E-state index in [0.29, 0.717) is 6.61 Å². The second kappa shape index (κ2) is 18.3. The van der Waals surface area contributed by atoms with Gasteiger partial charge < -0.3 is 14.4 Å². The smallest absolute Gasteiger partial charge is 0.149 e. The molecule has 0 bridgehead atoms. The zero-order chi connectivity index (χ0) is 24.2. The monoisotopic (exact) mass is 458 g/mol. The van der Waals surface area contributed by atoms with Gasteiger partial charge in [-0.3, -0.25) is 9.66 Å². The van der Waals surface area contributed by atoms with Crippen molar-refractivity contribution in [2.75, 3.05) is 27.3 Å². The van der Waals surface area contributed by atoms with E-state index in [9.17, 15) is 0 Å². The van der Waals surface area contributed by atoms with E-state index < -0.39 is 5.60 Å². The van der Waals surface area contributed by atoms with Crippen LogP contribution in [0.3, 0.4) is 0 Å². The molecule has 1 N–H and O–H groups in total. The maximum absolute atomic E-state index is 7.00. The zero-order valence-electron chi connectivity index (χ0n) is 20.1. The van der Waals surface area contributed by atoms with Crippen molar-refractivity contribution in [3.8, 4) is 5.75 Å². The third-order valence-electron chi connectivity index (χ3n) is 4.53. The maximum atomic E-state index is 7.00. The van der Waals surface area contributed by atoms with Gasteiger partial charge in [-0.15, -0.1) is 0 Å². The lowest BCUT2D eigenvalue weighted by molar-refractivity contribution is 0.0185. The Balaban J connectivity index is 0.00000466. The minimum absolute atomic E-state index is 0.226. The minimum Gasteiger partial charge on any atom is -0.461 e. The van der Waals surface area contributed by atoms with E-state index in [1.165, 1.54) is 0 Å². The van der Waals surface area contributed by atoms with Gasteiger partial charge in [0.2, 0.25) is 0 Å². The van der Waals surface area contributed by atoms with Crippen LogP contribution in [0.1, 0.15) is 27.2 Å². The first-order valence-corrected chi connectivity index (χ1v) is 11.4. The molecule has 0 saturated heterocycles. The van der Waals surface area contributed by atoms with Gasteiger partial charge in [-0.25, -0.2) is 0 Å². The molecule has 0 spiro atoms. The molecule has 6 heteroatoms. The quantitative estimate of drug-likeness (QED) is 0.158. The molecule has 0 radical (unpaired) electrons. The van der Waals surface area contributed by atoms with Crippen molar-refractivity contribution >= 4 is 15.2 Å². The predicted molar refractivity (Wildman–Crippen MR) is 141 cm³/mol. The molecule has 2 unspecified atom stereocenters. The maximum Gasteiger partial charge on any atom is 0.149 e. The van der Waals surface area contributed by atoms with Gasteiger partial charge in [0.1, 0.15) is 20.3 Å². The summed E-state index contributed by atoms with van der Waals surface area (Å²) in [6.07, 6.45) is 14.0. The number of benzene rings is 1. The van der Waals surface area contributed by atoms with Crippen LogP contribution in [0.25, 0.3) is 0 Å². The molecule has 0 heterocycles. The summed E-state index contributed by atoms with van der Waals surface area (Å²) >= 11 is 0. The summed E-state index contributed by atoms with van der Waals surface area (Å²) < 4.78 is 14.4. The molecule has 176 valence electrons. The van der Waals surface area contributed by atoms with Crippen LogP contribution >= 0.6 is 8.96 Å². The van der Waals surface area contributed by atoms with Crippen molar-refractivity contribution in [2.45, 2.75) is 32.8 Å². The summed E-state index contributed by atoms with van der Waals surface area (Å²) in [5.41, 5.74) is 1.35. The molecule has 0 amide bonds. The molecule has 1 rings (SSSR count). The molecule has 1 aromatic carbocycles. The first kappa shape index (κ1) is 29.7. The van der Waals surface area contributed by atoms with E-state index in [1.807, 2.05) is 63.4 Å². The van der Waals surface area contributed by atoms with Gasteiger partial charge >= 0.3 is 0 Å². The Bertz CT molecular complexity index is 773. The number of allylic oxidation sites excluding steroid dienone is 6. The molecule has 0 saturated carbocycles. The van der Waals surface area contributed by atoms with E-state index in [-0.39, 0.29) is 8.96 Å². The third-order valence-corrected chi connectivity index (χ3v) is 5.39. The number of aliphatic hydroxyl groups is 1. The van der Waals surface area contributed by atoms with Crippen LogP contribution in [0.2, 0.25) is 0 Å². The van der Waals surface area contributed by atoms with Crippen molar-refractivity contribution in [1.29, 1.82) is 0 Å². The first-order valence-electron chi connectivity index (χ1n) is 10.5. The minimum atomic E-state index is -0.640.